The van der Waals surface area contributed by atoms with E-state index >= 15 is 0 Å². The molecule has 0 amide bonds. The number of rotatable bonds is 55. The summed E-state index contributed by atoms with van der Waals surface area (Å²) in [5.41, 5.74) is 0. The Hall–Kier alpha value is -2.87. The van der Waals surface area contributed by atoms with E-state index in [9.17, 15) is 136 Å². The Bertz CT molecular complexity index is 3050. The summed E-state index contributed by atoms with van der Waals surface area (Å²) in [5, 5.41) is 250. The van der Waals surface area contributed by atoms with E-state index in [1.165, 1.54) is 51.4 Å². The summed E-state index contributed by atoms with van der Waals surface area (Å²) in [6.07, 6.45) is -43.9. The number of hydrogen-bond donors (Lipinski definition) is 24. The highest BCUT2D eigenvalue weighted by atomic mass is 31.2. The number of phosphoric acid groups is 1. The van der Waals surface area contributed by atoms with Gasteiger partial charge in [0.25, 0.3) is 0 Å². The van der Waals surface area contributed by atoms with Gasteiger partial charge in [-0.1, -0.05) is 134 Å². The van der Waals surface area contributed by atoms with Gasteiger partial charge in [0.1, 0.15) is 190 Å². The van der Waals surface area contributed by atoms with Gasteiger partial charge in [-0.25, -0.2) is 4.57 Å². The van der Waals surface area contributed by atoms with Crippen LogP contribution in [0.2, 0.25) is 0 Å². The summed E-state index contributed by atoms with van der Waals surface area (Å²) in [6.45, 7) is -2.95. The van der Waals surface area contributed by atoms with Crippen molar-refractivity contribution in [2.75, 3.05) is 52.9 Å². The summed E-state index contributed by atoms with van der Waals surface area (Å²) in [4.78, 5) is 38.4. The normalized spacial score (nSPS) is 39.5. The fourth-order valence-electron chi connectivity index (χ4n) is 15.3. The second-order valence-electron chi connectivity index (χ2n) is 32.9. The summed E-state index contributed by atoms with van der Waals surface area (Å²) >= 11 is 0. The minimum absolute atomic E-state index is 0.0449. The molecule has 0 spiro atoms. The first-order chi connectivity index (χ1) is 59.2. The molecular formula is C80H141O43P. The van der Waals surface area contributed by atoms with Gasteiger partial charge >= 0.3 is 19.8 Å². The number of carbonyl (C=O) groups excluding carboxylic acids is 2. The van der Waals surface area contributed by atoms with Crippen LogP contribution in [0, 0.1) is 0 Å². The van der Waals surface area contributed by atoms with Crippen molar-refractivity contribution in [3.05, 3.63) is 24.3 Å². The van der Waals surface area contributed by atoms with Crippen molar-refractivity contribution in [2.45, 2.75) is 414 Å². The summed E-state index contributed by atoms with van der Waals surface area (Å²) in [7, 11) is -5.89. The number of unbranched alkanes of at least 4 members (excludes halogenated alkanes) is 21. The number of aliphatic hydroxyl groups is 23. The quantitative estimate of drug-likeness (QED) is 0.0118. The predicted molar refractivity (Wildman–Crippen MR) is 422 cm³/mol. The zero-order valence-corrected chi connectivity index (χ0v) is 71.3. The van der Waals surface area contributed by atoms with Gasteiger partial charge in [0, 0.05) is 12.8 Å². The van der Waals surface area contributed by atoms with Gasteiger partial charge in [0.2, 0.25) is 0 Å². The van der Waals surface area contributed by atoms with Gasteiger partial charge < -0.3 is 189 Å². The highest BCUT2D eigenvalue weighted by Crippen LogP contribution is 2.49. The Morgan fingerprint density at radius 2 is 0.581 bits per heavy atom. The summed E-state index contributed by atoms with van der Waals surface area (Å²) in [5.74, 6) is -1.52. The van der Waals surface area contributed by atoms with Crippen molar-refractivity contribution < 1.29 is 212 Å². The molecule has 24 N–H and O–H groups in total. The molecule has 724 valence electrons. The minimum Gasteiger partial charge on any atom is -0.462 e. The van der Waals surface area contributed by atoms with Crippen LogP contribution in [0.4, 0.5) is 0 Å². The van der Waals surface area contributed by atoms with Crippen LogP contribution >= 0.6 is 7.82 Å². The third-order valence-corrected chi connectivity index (χ3v) is 24.1. The lowest BCUT2D eigenvalue weighted by atomic mass is 9.84. The van der Waals surface area contributed by atoms with E-state index in [0.717, 1.165) is 83.5 Å². The van der Waals surface area contributed by atoms with E-state index < -0.39 is 300 Å². The molecule has 38 atom stereocenters. The Morgan fingerprint density at radius 3 is 0.919 bits per heavy atom. The molecule has 7 fully saturated rings. The molecule has 6 heterocycles. The molecule has 0 aromatic carbocycles. The number of esters is 2. The Morgan fingerprint density at radius 1 is 0.315 bits per heavy atom. The third kappa shape index (κ3) is 32.5. The first kappa shape index (κ1) is 108. The van der Waals surface area contributed by atoms with Crippen molar-refractivity contribution >= 4 is 19.8 Å². The fraction of sp³-hybridized carbons (Fsp3) is 0.925. The second-order valence-corrected chi connectivity index (χ2v) is 34.3. The summed E-state index contributed by atoms with van der Waals surface area (Å²) < 4.78 is 104. The van der Waals surface area contributed by atoms with E-state index in [0.29, 0.717) is 25.7 Å². The monoisotopic (exact) mass is 1820 g/mol. The van der Waals surface area contributed by atoms with Gasteiger partial charge in [0.15, 0.2) is 43.8 Å². The lowest BCUT2D eigenvalue weighted by Gasteiger charge is -2.49. The molecule has 7 aliphatic rings. The average molecular weight is 1820 g/mol. The molecule has 16 unspecified atom stereocenters. The minimum atomic E-state index is -5.89. The van der Waals surface area contributed by atoms with Gasteiger partial charge in [0.05, 0.1) is 46.2 Å². The number of carbonyl (C=O) groups is 2. The largest absolute Gasteiger partial charge is 0.472 e. The lowest BCUT2D eigenvalue weighted by Crippen LogP contribution is -2.69. The first-order valence-electron chi connectivity index (χ1n) is 43.7. The number of aliphatic hydroxyl groups excluding tert-OH is 23. The van der Waals surface area contributed by atoms with Crippen LogP contribution in [0.5, 0.6) is 0 Å². The Labute approximate surface area is 720 Å². The fourth-order valence-corrected chi connectivity index (χ4v) is 16.2. The molecule has 6 saturated heterocycles. The molecular weight excluding hydrogens is 1680 g/mol. The van der Waals surface area contributed by atoms with Crippen LogP contribution in [0.1, 0.15) is 187 Å². The number of hydrogen-bond acceptors (Lipinski definition) is 42. The zero-order valence-electron chi connectivity index (χ0n) is 70.4. The first-order valence-corrected chi connectivity index (χ1v) is 45.2. The van der Waals surface area contributed by atoms with Crippen molar-refractivity contribution in [2.24, 2.45) is 0 Å². The smallest absolute Gasteiger partial charge is 0.462 e. The van der Waals surface area contributed by atoms with E-state index in [2.05, 4.69) is 38.2 Å². The number of allylic oxidation sites excluding steroid dienone is 4. The number of phosphoric ester groups is 1. The SMILES string of the molecule is CCCCCC/C=C\CCCCCCCC(=O)O[C@H](COC(=O)CCCCCCC/C=C\CCCCCCCCC)COP(=O)(O)O[C@@H]1C(O[C@@H]2OC(CO[C@@H]3OC(CO[C@@H]4OC(CO[C@@H]5OC(CO[C@@H]6OC(CO)[C@H](O)C(O)[C@@H]6O)[C@H](O)C(O)[C@@H]5O)[C@H](O)C(O)[C@@H]4O)[C@H](O)C(O)[C@@H]3O)[C@H](O)C(O)[C@@H]2O)C(O)[C@@H](O)C(O)[C@H]1O[C@H]1OC(CO)[C@@H](O)C(O)[C@H]1O. The summed E-state index contributed by atoms with van der Waals surface area (Å²) in [6, 6.07) is 0. The molecule has 1 saturated carbocycles. The maximum Gasteiger partial charge on any atom is 0.472 e. The standard InChI is InChI=1S/C80H141O43P/c1-3-5-7-9-11-13-15-17-18-19-21-22-24-26-28-30-32-49(83)108-36-42(114-50(84)33-31-29-27-25-23-20-16-14-12-10-8-6-4-2)37-113-124(106,107)123-74-72(121-79-70(104)58(92)52(86)44(35-82)116-79)64(98)63(97)65(99)73(74)122-80-71(105)62(96)56(90)48(120-80)41-112-78-69(103)61(95)55(89)47(119-78)40-111-77-68(102)60(94)54(88)46(118-77)39-110-76-67(101)59(93)53(87)45(117-76)38-109-75-66(100)57(91)51(85)43(34-81)115-75/h14,16,18-19,42-48,51-82,85-105H,3-13,15,17,20-41H2,1-2H3,(H,106,107)/b16-14-,19-18-/t42-,43?,44?,45?,46?,47?,48?,51+,52-,53+,54+,55+,56+,57?,58?,59?,60?,61?,62?,63+,64?,65?,66+,67+,68+,69+,70-,71+,72-,73?,74+,75-,76-,77-,78-,79-,80+/m1/s1. The highest BCUT2D eigenvalue weighted by molar-refractivity contribution is 7.47. The molecule has 124 heavy (non-hydrogen) atoms. The van der Waals surface area contributed by atoms with Gasteiger partial charge in [-0.2, -0.15) is 0 Å². The van der Waals surface area contributed by atoms with Crippen molar-refractivity contribution in [3.63, 3.8) is 0 Å². The van der Waals surface area contributed by atoms with Crippen LogP contribution in [-0.2, 0) is 89.5 Å². The maximum atomic E-state index is 14.5. The van der Waals surface area contributed by atoms with Crippen molar-refractivity contribution in [1.29, 1.82) is 0 Å². The molecule has 0 bridgehead atoms. The van der Waals surface area contributed by atoms with Crippen LogP contribution in [0.3, 0.4) is 0 Å². The third-order valence-electron chi connectivity index (χ3n) is 23.1. The van der Waals surface area contributed by atoms with Crippen LogP contribution in [0.25, 0.3) is 0 Å². The Balaban J connectivity index is 1.00. The predicted octanol–water partition coefficient (Wildman–Crippen LogP) is -4.61. The second kappa shape index (κ2) is 55.6. The van der Waals surface area contributed by atoms with E-state index in [4.69, 9.17) is 75.4 Å². The maximum absolute atomic E-state index is 14.5. The van der Waals surface area contributed by atoms with Crippen LogP contribution in [-0.4, -0.2) is 414 Å². The van der Waals surface area contributed by atoms with Crippen LogP contribution in [0.15, 0.2) is 24.3 Å². The number of ether oxygens (including phenoxy) is 14. The van der Waals surface area contributed by atoms with Gasteiger partial charge in [-0.05, 0) is 64.2 Å². The highest BCUT2D eigenvalue weighted by Gasteiger charge is 2.60. The van der Waals surface area contributed by atoms with Crippen LogP contribution < -0.4 is 0 Å². The average Bonchev–Trinajstić information content (AvgIpc) is 0.758. The van der Waals surface area contributed by atoms with E-state index in [1.807, 2.05) is 0 Å². The molecule has 44 heteroatoms. The lowest BCUT2D eigenvalue weighted by molar-refractivity contribution is -0.365. The molecule has 0 radical (unpaired) electrons. The molecule has 0 aromatic heterocycles. The van der Waals surface area contributed by atoms with Gasteiger partial charge in [-0.15, -0.1) is 0 Å². The molecule has 6 aliphatic heterocycles. The topological polar surface area (TPSA) is 684 Å². The molecule has 43 nitrogen and oxygen atoms in total. The van der Waals surface area contributed by atoms with Gasteiger partial charge in [-0.3, -0.25) is 18.6 Å². The van der Waals surface area contributed by atoms with E-state index in [1.54, 1.807) is 0 Å². The van der Waals surface area contributed by atoms with E-state index in [-0.39, 0.29) is 12.8 Å². The van der Waals surface area contributed by atoms with Crippen molar-refractivity contribution in [3.8, 4) is 0 Å². The Kier molecular flexibility index (Phi) is 48.5. The molecule has 7 rings (SSSR count). The molecule has 1 aliphatic carbocycles. The molecule has 0 aromatic rings. The zero-order chi connectivity index (χ0) is 90.9. The van der Waals surface area contributed by atoms with Crippen molar-refractivity contribution in [1.82, 2.24) is 0 Å².